The smallest absolute Gasteiger partial charge is 0.134 e. The summed E-state index contributed by atoms with van der Waals surface area (Å²) in [7, 11) is 0. The lowest BCUT2D eigenvalue weighted by atomic mass is 10.0. The molecule has 1 heterocycles. The molecule has 1 aromatic heterocycles. The fraction of sp³-hybridized carbons (Fsp3) is 0.444. The molecular weight excluding hydrogens is 280 g/mol. The van der Waals surface area contributed by atoms with Gasteiger partial charge in [-0.05, 0) is 42.9 Å². The van der Waals surface area contributed by atoms with Crippen molar-refractivity contribution in [2.45, 2.75) is 50.4 Å². The minimum Gasteiger partial charge on any atom is -0.237 e. The second-order valence-corrected chi connectivity index (χ2v) is 6.72. The van der Waals surface area contributed by atoms with Crippen molar-refractivity contribution in [1.29, 1.82) is 0 Å². The highest BCUT2D eigenvalue weighted by Crippen LogP contribution is 2.36. The predicted molar refractivity (Wildman–Crippen MR) is 84.8 cm³/mol. The minimum atomic E-state index is 0.390. The highest BCUT2D eigenvalue weighted by atomic mass is 35.5. The van der Waals surface area contributed by atoms with Crippen molar-refractivity contribution in [1.82, 2.24) is 9.97 Å². The summed E-state index contributed by atoms with van der Waals surface area (Å²) in [4.78, 5) is 9.41. The van der Waals surface area contributed by atoms with Gasteiger partial charge in [-0.1, -0.05) is 48.7 Å². The molecule has 1 aromatic carbocycles. The number of hydrogen-bond donors (Lipinski definition) is 0. The molecule has 0 amide bonds. The van der Waals surface area contributed by atoms with Gasteiger partial charge < -0.3 is 0 Å². The average Bonchev–Trinajstić information content (AvgIpc) is 3.16. The molecule has 0 saturated heterocycles. The molecule has 0 aliphatic heterocycles. The van der Waals surface area contributed by atoms with E-state index in [0.29, 0.717) is 17.0 Å². The Balaban J connectivity index is 1.64. The van der Waals surface area contributed by atoms with Crippen LogP contribution in [0, 0.1) is 0 Å². The second-order valence-electron chi connectivity index (χ2n) is 6.33. The van der Waals surface area contributed by atoms with Crippen LogP contribution in [0.15, 0.2) is 30.3 Å². The molecule has 108 valence electrons. The van der Waals surface area contributed by atoms with Crippen molar-refractivity contribution in [3.05, 3.63) is 58.1 Å². The van der Waals surface area contributed by atoms with Gasteiger partial charge in [0.15, 0.2) is 0 Å². The molecule has 0 N–H and O–H groups in total. The highest BCUT2D eigenvalue weighted by Gasteiger charge is 2.27. The first-order valence-electron chi connectivity index (χ1n) is 7.91. The third-order valence-corrected chi connectivity index (χ3v) is 5.12. The van der Waals surface area contributed by atoms with Crippen molar-refractivity contribution < 1.29 is 0 Å². The fourth-order valence-electron chi connectivity index (χ4n) is 3.81. The standard InChI is InChI=1S/C18H19ClN2/c19-17-11-16(12-5-1-2-6-12)20-18(21-17)15-9-13-7-3-4-8-14(13)10-15/h3-4,7-8,11-12,15H,1-2,5-6,9-10H2. The molecule has 1 fully saturated rings. The SMILES string of the molecule is Clc1cc(C2CCCC2)nc(C2Cc3ccccc3C2)n1. The first-order valence-corrected chi connectivity index (χ1v) is 8.28. The Bertz CT molecular complexity index is 637. The fourth-order valence-corrected chi connectivity index (χ4v) is 4.01. The molecule has 0 unspecified atom stereocenters. The Labute approximate surface area is 130 Å². The summed E-state index contributed by atoms with van der Waals surface area (Å²) in [6, 6.07) is 10.6. The Morgan fingerprint density at radius 2 is 1.57 bits per heavy atom. The van der Waals surface area contributed by atoms with Crippen LogP contribution in [-0.2, 0) is 12.8 Å². The van der Waals surface area contributed by atoms with E-state index in [1.807, 2.05) is 6.07 Å². The molecule has 0 bridgehead atoms. The molecule has 0 atom stereocenters. The molecular formula is C18H19ClN2. The maximum Gasteiger partial charge on any atom is 0.134 e. The lowest BCUT2D eigenvalue weighted by Crippen LogP contribution is -2.08. The summed E-state index contributed by atoms with van der Waals surface area (Å²) < 4.78 is 0. The average molecular weight is 299 g/mol. The van der Waals surface area contributed by atoms with E-state index in [9.17, 15) is 0 Å². The number of fused-ring (bicyclic) bond motifs is 1. The van der Waals surface area contributed by atoms with E-state index in [4.69, 9.17) is 16.6 Å². The largest absolute Gasteiger partial charge is 0.237 e. The van der Waals surface area contributed by atoms with E-state index < -0.39 is 0 Å². The van der Waals surface area contributed by atoms with Gasteiger partial charge in [0.1, 0.15) is 11.0 Å². The maximum absolute atomic E-state index is 6.27. The Morgan fingerprint density at radius 1 is 0.905 bits per heavy atom. The van der Waals surface area contributed by atoms with E-state index in [1.54, 1.807) is 0 Å². The molecule has 3 heteroatoms. The van der Waals surface area contributed by atoms with Crippen molar-refractivity contribution in [2.24, 2.45) is 0 Å². The molecule has 0 spiro atoms. The summed E-state index contributed by atoms with van der Waals surface area (Å²) in [6.45, 7) is 0. The van der Waals surface area contributed by atoms with Gasteiger partial charge in [-0.2, -0.15) is 0 Å². The first-order chi connectivity index (χ1) is 10.3. The molecule has 0 radical (unpaired) electrons. The number of aromatic nitrogens is 2. The summed E-state index contributed by atoms with van der Waals surface area (Å²) in [5, 5.41) is 0.609. The summed E-state index contributed by atoms with van der Waals surface area (Å²) in [6.07, 6.45) is 7.21. The Morgan fingerprint density at radius 3 is 2.24 bits per heavy atom. The highest BCUT2D eigenvalue weighted by molar-refractivity contribution is 6.29. The van der Waals surface area contributed by atoms with Crippen LogP contribution in [0.4, 0.5) is 0 Å². The topological polar surface area (TPSA) is 25.8 Å². The Hall–Kier alpha value is -1.41. The first kappa shape index (κ1) is 13.3. The molecule has 2 aromatic rings. The van der Waals surface area contributed by atoms with Crippen LogP contribution >= 0.6 is 11.6 Å². The molecule has 2 nitrogen and oxygen atoms in total. The second kappa shape index (κ2) is 5.42. The quantitative estimate of drug-likeness (QED) is 0.753. The maximum atomic E-state index is 6.27. The van der Waals surface area contributed by atoms with Gasteiger partial charge in [-0.15, -0.1) is 0 Å². The Kier molecular flexibility index (Phi) is 3.42. The van der Waals surface area contributed by atoms with E-state index in [-0.39, 0.29) is 0 Å². The number of halogens is 1. The summed E-state index contributed by atoms with van der Waals surface area (Å²) in [5.41, 5.74) is 4.04. The van der Waals surface area contributed by atoms with E-state index in [2.05, 4.69) is 29.2 Å². The van der Waals surface area contributed by atoms with Gasteiger partial charge in [0, 0.05) is 17.5 Å². The lowest BCUT2D eigenvalue weighted by Gasteiger charge is -2.13. The van der Waals surface area contributed by atoms with E-state index in [0.717, 1.165) is 18.7 Å². The molecule has 21 heavy (non-hydrogen) atoms. The summed E-state index contributed by atoms with van der Waals surface area (Å²) >= 11 is 6.27. The van der Waals surface area contributed by atoms with Crippen LogP contribution < -0.4 is 0 Å². The van der Waals surface area contributed by atoms with E-state index >= 15 is 0 Å². The van der Waals surface area contributed by atoms with Crippen molar-refractivity contribution in [2.75, 3.05) is 0 Å². The van der Waals surface area contributed by atoms with Gasteiger partial charge in [0.25, 0.3) is 0 Å². The number of nitrogens with zero attached hydrogens (tertiary/aromatic N) is 2. The molecule has 2 aliphatic carbocycles. The van der Waals surface area contributed by atoms with Gasteiger partial charge in [0.05, 0.1) is 0 Å². The zero-order valence-electron chi connectivity index (χ0n) is 12.1. The van der Waals surface area contributed by atoms with Gasteiger partial charge in [-0.3, -0.25) is 0 Å². The van der Waals surface area contributed by atoms with Gasteiger partial charge >= 0.3 is 0 Å². The minimum absolute atomic E-state index is 0.390. The predicted octanol–water partition coefficient (Wildman–Crippen LogP) is 4.67. The zero-order valence-corrected chi connectivity index (χ0v) is 12.8. The molecule has 4 rings (SSSR count). The van der Waals surface area contributed by atoms with Crippen LogP contribution in [0.5, 0.6) is 0 Å². The zero-order chi connectivity index (χ0) is 14.2. The molecule has 1 saturated carbocycles. The van der Waals surface area contributed by atoms with Gasteiger partial charge in [-0.25, -0.2) is 9.97 Å². The van der Waals surface area contributed by atoms with Crippen molar-refractivity contribution >= 4 is 11.6 Å². The normalized spacial score (nSPS) is 19.1. The summed E-state index contributed by atoms with van der Waals surface area (Å²) in [5.74, 6) is 1.93. The van der Waals surface area contributed by atoms with Crippen LogP contribution in [0.2, 0.25) is 5.15 Å². The van der Waals surface area contributed by atoms with Crippen molar-refractivity contribution in [3.8, 4) is 0 Å². The van der Waals surface area contributed by atoms with E-state index in [1.165, 1.54) is 42.5 Å². The third-order valence-electron chi connectivity index (χ3n) is 4.92. The number of hydrogen-bond acceptors (Lipinski definition) is 2. The monoisotopic (exact) mass is 298 g/mol. The van der Waals surface area contributed by atoms with Gasteiger partial charge in [0.2, 0.25) is 0 Å². The van der Waals surface area contributed by atoms with Crippen LogP contribution in [-0.4, -0.2) is 9.97 Å². The lowest BCUT2D eigenvalue weighted by molar-refractivity contribution is 0.641. The van der Waals surface area contributed by atoms with Crippen LogP contribution in [0.1, 0.15) is 60.2 Å². The third kappa shape index (κ3) is 2.57. The van der Waals surface area contributed by atoms with Crippen molar-refractivity contribution in [3.63, 3.8) is 0 Å². The molecule has 2 aliphatic rings. The van der Waals surface area contributed by atoms with Crippen LogP contribution in [0.25, 0.3) is 0 Å². The van der Waals surface area contributed by atoms with Crippen LogP contribution in [0.3, 0.4) is 0 Å². The number of benzene rings is 1. The number of rotatable bonds is 2.